The molecule has 2 aromatic carbocycles. The number of benzene rings is 2. The number of nitrogens with zero attached hydrogens (tertiary/aromatic N) is 4. The highest BCUT2D eigenvalue weighted by Crippen LogP contribution is 2.28. The number of ether oxygens (including phenoxy) is 1. The summed E-state index contributed by atoms with van der Waals surface area (Å²) in [5.41, 5.74) is 2.78. The van der Waals surface area contributed by atoms with Gasteiger partial charge in [-0.25, -0.2) is 9.67 Å². The van der Waals surface area contributed by atoms with E-state index in [1.54, 1.807) is 41.9 Å². The van der Waals surface area contributed by atoms with Crippen molar-refractivity contribution in [1.29, 1.82) is 0 Å². The zero-order valence-corrected chi connectivity index (χ0v) is 19.0. The van der Waals surface area contributed by atoms with E-state index >= 15 is 0 Å². The zero-order valence-electron chi connectivity index (χ0n) is 17.5. The van der Waals surface area contributed by atoms with E-state index in [0.29, 0.717) is 51.1 Å². The van der Waals surface area contributed by atoms with Crippen molar-refractivity contribution in [2.75, 3.05) is 12.4 Å². The Bertz CT molecular complexity index is 1300. The topological polar surface area (TPSA) is 95.1 Å². The molecular formula is C22H19Cl2N5O3. The van der Waals surface area contributed by atoms with E-state index in [0.717, 1.165) is 5.56 Å². The second-order valence-electron chi connectivity index (χ2n) is 7.02. The third kappa shape index (κ3) is 4.46. The summed E-state index contributed by atoms with van der Waals surface area (Å²) < 4.78 is 12.5. The number of halogens is 2. The lowest BCUT2D eigenvalue weighted by Gasteiger charge is -2.07. The Labute approximate surface area is 194 Å². The lowest BCUT2D eigenvalue weighted by molar-refractivity contribution is 0.102. The molecule has 0 radical (unpaired) electrons. The van der Waals surface area contributed by atoms with Gasteiger partial charge in [-0.15, -0.1) is 5.10 Å². The number of carbonyl (C=O) groups is 1. The largest absolute Gasteiger partial charge is 0.495 e. The second-order valence-corrected chi connectivity index (χ2v) is 7.86. The van der Waals surface area contributed by atoms with Crippen molar-refractivity contribution in [3.8, 4) is 17.2 Å². The van der Waals surface area contributed by atoms with E-state index < -0.39 is 5.91 Å². The van der Waals surface area contributed by atoms with Crippen LogP contribution in [0.4, 0.5) is 5.69 Å². The number of carbonyl (C=O) groups excluding carboxylic acids is 1. The van der Waals surface area contributed by atoms with Gasteiger partial charge in [0, 0.05) is 16.3 Å². The molecule has 4 aromatic rings. The molecule has 0 aliphatic heterocycles. The lowest BCUT2D eigenvalue weighted by atomic mass is 10.2. The maximum absolute atomic E-state index is 12.7. The minimum absolute atomic E-state index is 0.202. The number of aryl methyl sites for hydroxylation is 1. The van der Waals surface area contributed by atoms with E-state index in [-0.39, 0.29) is 5.69 Å². The maximum atomic E-state index is 12.7. The first-order chi connectivity index (χ1) is 15.4. The van der Waals surface area contributed by atoms with E-state index in [4.69, 9.17) is 32.4 Å². The predicted molar refractivity (Wildman–Crippen MR) is 122 cm³/mol. The molecule has 1 N–H and O–H groups in total. The van der Waals surface area contributed by atoms with Crippen molar-refractivity contribution in [1.82, 2.24) is 20.0 Å². The number of rotatable bonds is 6. The van der Waals surface area contributed by atoms with Crippen LogP contribution in [0.1, 0.15) is 27.6 Å². The number of hydrogen-bond donors (Lipinski definition) is 1. The van der Waals surface area contributed by atoms with Crippen LogP contribution in [0.2, 0.25) is 10.0 Å². The van der Waals surface area contributed by atoms with Crippen molar-refractivity contribution in [3.05, 3.63) is 75.4 Å². The lowest BCUT2D eigenvalue weighted by Crippen LogP contribution is -2.14. The van der Waals surface area contributed by atoms with Crippen molar-refractivity contribution in [2.24, 2.45) is 0 Å². The molecule has 32 heavy (non-hydrogen) atoms. The minimum atomic E-state index is -0.397. The molecule has 8 nitrogen and oxygen atoms in total. The van der Waals surface area contributed by atoms with E-state index in [9.17, 15) is 4.79 Å². The van der Waals surface area contributed by atoms with Crippen LogP contribution in [0.3, 0.4) is 0 Å². The number of amides is 1. The third-order valence-corrected chi connectivity index (χ3v) is 5.40. The summed E-state index contributed by atoms with van der Waals surface area (Å²) in [5, 5.41) is 11.9. The van der Waals surface area contributed by atoms with Gasteiger partial charge in [0.15, 0.2) is 5.69 Å². The summed E-state index contributed by atoms with van der Waals surface area (Å²) in [7, 11) is 1.52. The highest BCUT2D eigenvalue weighted by atomic mass is 35.5. The van der Waals surface area contributed by atoms with Crippen molar-refractivity contribution in [2.45, 2.75) is 20.4 Å². The van der Waals surface area contributed by atoms with Crippen LogP contribution < -0.4 is 10.1 Å². The van der Waals surface area contributed by atoms with Crippen molar-refractivity contribution in [3.63, 3.8) is 0 Å². The van der Waals surface area contributed by atoms with Gasteiger partial charge in [-0.3, -0.25) is 4.79 Å². The summed E-state index contributed by atoms with van der Waals surface area (Å²) in [6, 6.07) is 12.2. The first-order valence-corrected chi connectivity index (χ1v) is 10.4. The van der Waals surface area contributed by atoms with E-state index in [1.807, 2.05) is 19.1 Å². The molecular weight excluding hydrogens is 453 g/mol. The second kappa shape index (κ2) is 9.02. The van der Waals surface area contributed by atoms with Gasteiger partial charge < -0.3 is 14.5 Å². The van der Waals surface area contributed by atoms with Crippen LogP contribution >= 0.6 is 23.2 Å². The molecule has 1 amide bonds. The Morgan fingerprint density at radius 2 is 2.00 bits per heavy atom. The zero-order chi connectivity index (χ0) is 22.8. The fourth-order valence-electron chi connectivity index (χ4n) is 3.12. The average molecular weight is 472 g/mol. The van der Waals surface area contributed by atoms with Gasteiger partial charge >= 0.3 is 0 Å². The number of hydrogen-bond acceptors (Lipinski definition) is 6. The standard InChI is InChI=1S/C22H19Cl2N5O3/c1-12-20(21(30)25-16-7-8-19(31-3)17(24)10-16)27-28-29(12)11-18-13(2)32-22(26-18)14-5-4-6-15(23)9-14/h4-10H,11H2,1-3H3,(H,25,30). The van der Waals surface area contributed by atoms with Gasteiger partial charge in [-0.05, 0) is 50.2 Å². The van der Waals surface area contributed by atoms with Gasteiger partial charge in [0.2, 0.25) is 5.89 Å². The number of aromatic nitrogens is 4. The van der Waals surface area contributed by atoms with Crippen LogP contribution in [0.5, 0.6) is 5.75 Å². The molecule has 0 spiro atoms. The van der Waals surface area contributed by atoms with Crippen LogP contribution in [0.15, 0.2) is 46.9 Å². The quantitative estimate of drug-likeness (QED) is 0.416. The molecule has 0 atom stereocenters. The molecule has 2 heterocycles. The molecule has 0 unspecified atom stereocenters. The summed E-state index contributed by atoms with van der Waals surface area (Å²) in [5.74, 6) is 1.24. The summed E-state index contributed by atoms with van der Waals surface area (Å²) >= 11 is 12.2. The summed E-state index contributed by atoms with van der Waals surface area (Å²) in [4.78, 5) is 17.3. The molecule has 0 bridgehead atoms. The number of methoxy groups -OCH3 is 1. The van der Waals surface area contributed by atoms with Gasteiger partial charge in [-0.1, -0.05) is 34.5 Å². The summed E-state index contributed by atoms with van der Waals surface area (Å²) in [6.45, 7) is 3.89. The van der Waals surface area contributed by atoms with Crippen molar-refractivity contribution >= 4 is 34.8 Å². The maximum Gasteiger partial charge on any atom is 0.278 e. The molecule has 4 rings (SSSR count). The highest BCUT2D eigenvalue weighted by Gasteiger charge is 2.19. The highest BCUT2D eigenvalue weighted by molar-refractivity contribution is 6.32. The van der Waals surface area contributed by atoms with Crippen LogP contribution in [0, 0.1) is 13.8 Å². The third-order valence-electron chi connectivity index (χ3n) is 4.87. The Balaban J connectivity index is 1.52. The Morgan fingerprint density at radius 1 is 1.19 bits per heavy atom. The fourth-order valence-corrected chi connectivity index (χ4v) is 3.56. The number of anilines is 1. The van der Waals surface area contributed by atoms with Crippen LogP contribution in [-0.4, -0.2) is 33.0 Å². The molecule has 0 saturated heterocycles. The van der Waals surface area contributed by atoms with E-state index in [1.165, 1.54) is 7.11 Å². The van der Waals surface area contributed by atoms with Crippen LogP contribution in [-0.2, 0) is 6.54 Å². The SMILES string of the molecule is COc1ccc(NC(=O)c2nnn(Cc3nc(-c4cccc(Cl)c4)oc3C)c2C)cc1Cl. The Hall–Kier alpha value is -3.36. The monoisotopic (exact) mass is 471 g/mol. The van der Waals surface area contributed by atoms with Gasteiger partial charge in [0.05, 0.1) is 24.4 Å². The average Bonchev–Trinajstić information content (AvgIpc) is 3.31. The smallest absolute Gasteiger partial charge is 0.278 e. The molecule has 0 fully saturated rings. The fraction of sp³-hybridized carbons (Fsp3) is 0.182. The van der Waals surface area contributed by atoms with E-state index in [2.05, 4.69) is 20.6 Å². The van der Waals surface area contributed by atoms with Gasteiger partial charge in [-0.2, -0.15) is 0 Å². The molecule has 0 aliphatic carbocycles. The van der Waals surface area contributed by atoms with Crippen molar-refractivity contribution < 1.29 is 13.9 Å². The Kier molecular flexibility index (Phi) is 6.16. The first-order valence-electron chi connectivity index (χ1n) is 9.63. The van der Waals surface area contributed by atoms with Gasteiger partial charge in [0.25, 0.3) is 5.91 Å². The molecule has 0 saturated carbocycles. The predicted octanol–water partition coefficient (Wildman–Crippen LogP) is 5.17. The van der Waals surface area contributed by atoms with Crippen LogP contribution in [0.25, 0.3) is 11.5 Å². The first kappa shape index (κ1) is 21.9. The number of nitrogens with one attached hydrogen (secondary N) is 1. The normalized spacial score (nSPS) is 10.9. The molecule has 2 aromatic heterocycles. The molecule has 10 heteroatoms. The Morgan fingerprint density at radius 3 is 2.72 bits per heavy atom. The van der Waals surface area contributed by atoms with Gasteiger partial charge in [0.1, 0.15) is 17.2 Å². The minimum Gasteiger partial charge on any atom is -0.495 e. The summed E-state index contributed by atoms with van der Waals surface area (Å²) in [6.07, 6.45) is 0. The molecule has 164 valence electrons. The molecule has 0 aliphatic rings. The number of oxazole rings is 1.